The lowest BCUT2D eigenvalue weighted by atomic mass is 10.1. The van der Waals surface area contributed by atoms with Gasteiger partial charge in [-0.3, -0.25) is 4.79 Å². The molecule has 0 aliphatic heterocycles. The molecule has 0 spiro atoms. The second-order valence-electron chi connectivity index (χ2n) is 4.56. The van der Waals surface area contributed by atoms with E-state index in [1.54, 1.807) is 7.11 Å². The number of amides is 1. The average Bonchev–Trinajstić information content (AvgIpc) is 2.37. The van der Waals surface area contributed by atoms with Gasteiger partial charge in [0.2, 0.25) is 5.91 Å². The molecule has 0 aliphatic rings. The van der Waals surface area contributed by atoms with Crippen LogP contribution >= 0.6 is 0 Å². The van der Waals surface area contributed by atoms with Gasteiger partial charge in [-0.05, 0) is 36.6 Å². The van der Waals surface area contributed by atoms with Gasteiger partial charge in [-0.15, -0.1) is 0 Å². The number of ether oxygens (including phenoxy) is 1. The average molecular weight is 250 g/mol. The molecule has 0 aliphatic carbocycles. The zero-order valence-electron chi connectivity index (χ0n) is 11.1. The standard InChI is InChI=1S/C14H22N2O2/c1-11(9-15)6-7-14(17)16-13-5-3-4-12(8-13)10-18-2/h3-5,8,11H,6-7,9-10,15H2,1-2H3,(H,16,17). The molecule has 100 valence electrons. The Morgan fingerprint density at radius 1 is 1.50 bits per heavy atom. The van der Waals surface area contributed by atoms with Crippen LogP contribution in [-0.4, -0.2) is 19.6 Å². The summed E-state index contributed by atoms with van der Waals surface area (Å²) in [4.78, 5) is 11.7. The van der Waals surface area contributed by atoms with Gasteiger partial charge in [-0.25, -0.2) is 0 Å². The SMILES string of the molecule is COCc1cccc(NC(=O)CCC(C)CN)c1. The lowest BCUT2D eigenvalue weighted by Gasteiger charge is -2.09. The molecule has 0 saturated heterocycles. The van der Waals surface area contributed by atoms with Crippen molar-refractivity contribution in [3.8, 4) is 0 Å². The van der Waals surface area contributed by atoms with E-state index in [1.807, 2.05) is 31.2 Å². The second kappa shape index (κ2) is 7.84. The van der Waals surface area contributed by atoms with Gasteiger partial charge in [0.25, 0.3) is 0 Å². The van der Waals surface area contributed by atoms with Crippen molar-refractivity contribution in [2.24, 2.45) is 11.7 Å². The number of hydrogen-bond donors (Lipinski definition) is 2. The molecule has 0 bridgehead atoms. The van der Waals surface area contributed by atoms with Gasteiger partial charge in [-0.2, -0.15) is 0 Å². The molecule has 1 aromatic carbocycles. The molecule has 1 aromatic rings. The van der Waals surface area contributed by atoms with Gasteiger partial charge in [0.1, 0.15) is 0 Å². The summed E-state index contributed by atoms with van der Waals surface area (Å²) < 4.78 is 5.05. The first-order valence-electron chi connectivity index (χ1n) is 6.23. The van der Waals surface area contributed by atoms with Crippen molar-refractivity contribution in [3.63, 3.8) is 0 Å². The summed E-state index contributed by atoms with van der Waals surface area (Å²) in [5, 5.41) is 2.88. The maximum atomic E-state index is 11.7. The highest BCUT2D eigenvalue weighted by molar-refractivity contribution is 5.90. The molecule has 0 aromatic heterocycles. The van der Waals surface area contributed by atoms with Crippen molar-refractivity contribution in [2.45, 2.75) is 26.4 Å². The molecule has 3 N–H and O–H groups in total. The first-order chi connectivity index (χ1) is 8.65. The first kappa shape index (κ1) is 14.7. The fraction of sp³-hybridized carbons (Fsp3) is 0.500. The molecular formula is C14H22N2O2. The highest BCUT2D eigenvalue weighted by Crippen LogP contribution is 2.12. The van der Waals surface area contributed by atoms with Crippen LogP contribution in [-0.2, 0) is 16.1 Å². The number of benzene rings is 1. The van der Waals surface area contributed by atoms with Gasteiger partial charge < -0.3 is 15.8 Å². The summed E-state index contributed by atoms with van der Waals surface area (Å²) in [6.07, 6.45) is 1.33. The number of rotatable bonds is 7. The van der Waals surface area contributed by atoms with Crippen LogP contribution in [0.15, 0.2) is 24.3 Å². The molecule has 1 amide bonds. The summed E-state index contributed by atoms with van der Waals surface area (Å²) in [6, 6.07) is 7.68. The van der Waals surface area contributed by atoms with Crippen LogP contribution in [0.25, 0.3) is 0 Å². The van der Waals surface area contributed by atoms with E-state index in [-0.39, 0.29) is 5.91 Å². The van der Waals surface area contributed by atoms with E-state index in [9.17, 15) is 4.79 Å². The Hall–Kier alpha value is -1.39. The highest BCUT2D eigenvalue weighted by atomic mass is 16.5. The monoisotopic (exact) mass is 250 g/mol. The smallest absolute Gasteiger partial charge is 0.224 e. The maximum Gasteiger partial charge on any atom is 0.224 e. The van der Waals surface area contributed by atoms with Gasteiger partial charge in [-0.1, -0.05) is 19.1 Å². The summed E-state index contributed by atoms with van der Waals surface area (Å²) in [5.41, 5.74) is 7.38. The number of hydrogen-bond acceptors (Lipinski definition) is 3. The third-order valence-electron chi connectivity index (χ3n) is 2.79. The van der Waals surface area contributed by atoms with Crippen LogP contribution in [0.5, 0.6) is 0 Å². The Balaban J connectivity index is 2.46. The zero-order chi connectivity index (χ0) is 13.4. The molecule has 4 heteroatoms. The molecule has 0 radical (unpaired) electrons. The summed E-state index contributed by atoms with van der Waals surface area (Å²) in [5.74, 6) is 0.417. The quantitative estimate of drug-likeness (QED) is 0.779. The van der Waals surface area contributed by atoms with Gasteiger partial charge in [0.05, 0.1) is 6.61 Å². The zero-order valence-corrected chi connectivity index (χ0v) is 11.1. The molecule has 0 fully saturated rings. The predicted octanol–water partition coefficient (Wildman–Crippen LogP) is 2.15. The van der Waals surface area contributed by atoms with Gasteiger partial charge >= 0.3 is 0 Å². The Morgan fingerprint density at radius 3 is 2.94 bits per heavy atom. The molecule has 4 nitrogen and oxygen atoms in total. The van der Waals surface area contributed by atoms with Crippen molar-refractivity contribution in [2.75, 3.05) is 19.0 Å². The van der Waals surface area contributed by atoms with Crippen LogP contribution in [0, 0.1) is 5.92 Å². The van der Waals surface area contributed by atoms with E-state index >= 15 is 0 Å². The maximum absolute atomic E-state index is 11.7. The topological polar surface area (TPSA) is 64.3 Å². The molecule has 0 saturated carbocycles. The highest BCUT2D eigenvalue weighted by Gasteiger charge is 2.06. The Kier molecular flexibility index (Phi) is 6.39. The van der Waals surface area contributed by atoms with Crippen LogP contribution in [0.1, 0.15) is 25.3 Å². The Labute approximate surface area is 109 Å². The number of nitrogens with one attached hydrogen (secondary N) is 1. The molecule has 1 unspecified atom stereocenters. The number of methoxy groups -OCH3 is 1. The van der Waals surface area contributed by atoms with Crippen molar-refractivity contribution in [3.05, 3.63) is 29.8 Å². The van der Waals surface area contributed by atoms with Crippen molar-refractivity contribution >= 4 is 11.6 Å². The number of carbonyl (C=O) groups is 1. The van der Waals surface area contributed by atoms with Crippen molar-refractivity contribution in [1.82, 2.24) is 0 Å². The number of nitrogens with two attached hydrogens (primary N) is 1. The normalized spacial score (nSPS) is 12.2. The molecule has 1 atom stereocenters. The van der Waals surface area contributed by atoms with Crippen molar-refractivity contribution in [1.29, 1.82) is 0 Å². The van der Waals surface area contributed by atoms with Gasteiger partial charge in [0.15, 0.2) is 0 Å². The van der Waals surface area contributed by atoms with E-state index in [1.165, 1.54) is 0 Å². The largest absolute Gasteiger partial charge is 0.380 e. The third kappa shape index (κ3) is 5.29. The summed E-state index contributed by atoms with van der Waals surface area (Å²) in [7, 11) is 1.65. The lowest BCUT2D eigenvalue weighted by molar-refractivity contribution is -0.116. The molecule has 18 heavy (non-hydrogen) atoms. The lowest BCUT2D eigenvalue weighted by Crippen LogP contribution is -2.16. The molecular weight excluding hydrogens is 228 g/mol. The summed E-state index contributed by atoms with van der Waals surface area (Å²) >= 11 is 0. The van der Waals surface area contributed by atoms with Gasteiger partial charge in [0, 0.05) is 19.2 Å². The van der Waals surface area contributed by atoms with E-state index in [0.29, 0.717) is 25.5 Å². The van der Waals surface area contributed by atoms with E-state index in [4.69, 9.17) is 10.5 Å². The van der Waals surface area contributed by atoms with E-state index in [2.05, 4.69) is 5.32 Å². The predicted molar refractivity (Wildman–Crippen MR) is 73.2 cm³/mol. The minimum absolute atomic E-state index is 0.0323. The number of carbonyl (C=O) groups excluding carboxylic acids is 1. The van der Waals surface area contributed by atoms with E-state index < -0.39 is 0 Å². The molecule has 0 heterocycles. The minimum Gasteiger partial charge on any atom is -0.380 e. The van der Waals surface area contributed by atoms with Crippen molar-refractivity contribution < 1.29 is 9.53 Å². The fourth-order valence-electron chi connectivity index (χ4n) is 1.62. The fourth-order valence-corrected chi connectivity index (χ4v) is 1.62. The van der Waals surface area contributed by atoms with Crippen LogP contribution in [0.3, 0.4) is 0 Å². The first-order valence-corrected chi connectivity index (χ1v) is 6.23. The van der Waals surface area contributed by atoms with Crippen LogP contribution in [0.2, 0.25) is 0 Å². The van der Waals surface area contributed by atoms with Crippen LogP contribution in [0.4, 0.5) is 5.69 Å². The molecule has 1 rings (SSSR count). The summed E-state index contributed by atoms with van der Waals surface area (Å²) in [6.45, 7) is 3.22. The van der Waals surface area contributed by atoms with E-state index in [0.717, 1.165) is 17.7 Å². The third-order valence-corrected chi connectivity index (χ3v) is 2.79. The second-order valence-corrected chi connectivity index (χ2v) is 4.56. The Bertz CT molecular complexity index is 380. The number of anilines is 1. The Morgan fingerprint density at radius 2 is 2.28 bits per heavy atom. The van der Waals surface area contributed by atoms with Crippen LogP contribution < -0.4 is 11.1 Å². The minimum atomic E-state index is 0.0323.